The molecule has 6 heteroatoms. The Bertz CT molecular complexity index is 531. The summed E-state index contributed by atoms with van der Waals surface area (Å²) < 4.78 is 3.46. The zero-order chi connectivity index (χ0) is 16.6. The Balaban J connectivity index is 2.53. The van der Waals surface area contributed by atoms with Gasteiger partial charge >= 0.3 is 0 Å². The summed E-state index contributed by atoms with van der Waals surface area (Å²) >= 11 is 4.20. The van der Waals surface area contributed by atoms with Crippen molar-refractivity contribution >= 4 is 77.2 Å². The maximum absolute atomic E-state index is 2.54. The van der Waals surface area contributed by atoms with E-state index in [-0.39, 0.29) is 35.2 Å². The quantitative estimate of drug-likeness (QED) is 0.682. The van der Waals surface area contributed by atoms with Crippen molar-refractivity contribution in [3.05, 3.63) is 12.1 Å². The molecule has 0 saturated carbocycles. The molecule has 22 heavy (non-hydrogen) atoms. The Morgan fingerprint density at radius 2 is 0.864 bits per heavy atom. The summed E-state index contributed by atoms with van der Waals surface area (Å²) in [5.41, 5.74) is 0. The molecule has 0 spiro atoms. The highest BCUT2D eigenvalue weighted by Crippen LogP contribution is 2.27. The molecule has 0 fully saturated rings. The molecule has 2 heterocycles. The van der Waals surface area contributed by atoms with Crippen LogP contribution in [0.1, 0.15) is 0 Å². The first kappa shape index (κ1) is 18.6. The van der Waals surface area contributed by atoms with Gasteiger partial charge in [0.05, 0.1) is 35.2 Å². The number of rotatable bonds is 5. The fourth-order valence-electron chi connectivity index (χ4n) is 2.51. The summed E-state index contributed by atoms with van der Waals surface area (Å²) in [6, 6.07) is 5.08. The second kappa shape index (κ2) is 7.44. The molecule has 4 radical (unpaired) electrons. The standard InChI is InChI=1S/C16H26S2Si4/c1-19(2)13-9-11(17-15(13)21(5)6)12-10-14(20(3)4)16(18-12)22(7)8/h9-10H,1-8H3. The smallest absolute Gasteiger partial charge is 0.0925 e. The summed E-state index contributed by atoms with van der Waals surface area (Å²) in [5.74, 6) is 0. The van der Waals surface area contributed by atoms with Gasteiger partial charge in [0.15, 0.2) is 0 Å². The average molecular weight is 395 g/mol. The molecule has 0 atom stereocenters. The van der Waals surface area contributed by atoms with Crippen molar-refractivity contribution in [1.29, 1.82) is 0 Å². The molecule has 0 amide bonds. The summed E-state index contributed by atoms with van der Waals surface area (Å²) in [5, 5.41) is 3.41. The van der Waals surface area contributed by atoms with Crippen LogP contribution in [0.25, 0.3) is 9.75 Å². The zero-order valence-corrected chi connectivity index (χ0v) is 20.6. The Kier molecular flexibility index (Phi) is 6.29. The normalized spacial score (nSPS) is 12.4. The van der Waals surface area contributed by atoms with E-state index >= 15 is 0 Å². The lowest BCUT2D eigenvalue weighted by molar-refractivity contribution is 1.91. The fraction of sp³-hybridized carbons (Fsp3) is 0.500. The monoisotopic (exact) mass is 394 g/mol. The van der Waals surface area contributed by atoms with Crippen LogP contribution in [0.2, 0.25) is 52.4 Å². The second-order valence-corrected chi connectivity index (χ2v) is 19.6. The van der Waals surface area contributed by atoms with Crippen LogP contribution in [-0.4, -0.2) is 35.2 Å². The van der Waals surface area contributed by atoms with Crippen molar-refractivity contribution in [3.8, 4) is 9.75 Å². The van der Waals surface area contributed by atoms with Crippen molar-refractivity contribution in [2.24, 2.45) is 0 Å². The molecule has 0 aliphatic rings. The molecule has 0 saturated heterocycles. The van der Waals surface area contributed by atoms with E-state index in [2.05, 4.69) is 87.2 Å². The highest BCUT2D eigenvalue weighted by molar-refractivity contribution is 7.33. The minimum Gasteiger partial charge on any atom is -0.145 e. The third kappa shape index (κ3) is 3.84. The van der Waals surface area contributed by atoms with E-state index in [4.69, 9.17) is 0 Å². The Hall–Kier alpha value is 0.268. The highest BCUT2D eigenvalue weighted by atomic mass is 32.1. The summed E-state index contributed by atoms with van der Waals surface area (Å²) in [6.45, 7) is 19.5. The molecular weight excluding hydrogens is 369 g/mol. The first-order valence-electron chi connectivity index (χ1n) is 7.72. The molecule has 2 aromatic rings. The first-order valence-corrected chi connectivity index (χ1v) is 19.4. The van der Waals surface area contributed by atoms with E-state index in [9.17, 15) is 0 Å². The minimum absolute atomic E-state index is 0.347. The van der Waals surface area contributed by atoms with Gasteiger partial charge in [0.25, 0.3) is 0 Å². The molecule has 0 unspecified atom stereocenters. The molecule has 0 bridgehead atoms. The van der Waals surface area contributed by atoms with Crippen LogP contribution in [0.4, 0.5) is 0 Å². The van der Waals surface area contributed by atoms with Crippen molar-refractivity contribution in [3.63, 3.8) is 0 Å². The van der Waals surface area contributed by atoms with Crippen LogP contribution < -0.4 is 19.4 Å². The topological polar surface area (TPSA) is 0 Å². The third-order valence-electron chi connectivity index (χ3n) is 3.69. The number of thiophene rings is 2. The van der Waals surface area contributed by atoms with Gasteiger partial charge in [0.2, 0.25) is 0 Å². The third-order valence-corrected chi connectivity index (χ3v) is 15.0. The first-order chi connectivity index (χ1) is 10.2. The van der Waals surface area contributed by atoms with E-state index in [0.29, 0.717) is 0 Å². The van der Waals surface area contributed by atoms with Crippen molar-refractivity contribution in [2.45, 2.75) is 52.4 Å². The van der Waals surface area contributed by atoms with Gasteiger partial charge < -0.3 is 0 Å². The predicted molar refractivity (Wildman–Crippen MR) is 116 cm³/mol. The molecule has 0 N–H and O–H groups in total. The molecule has 0 aromatic carbocycles. The van der Waals surface area contributed by atoms with Gasteiger partial charge in [0, 0.05) is 9.75 Å². The lowest BCUT2D eigenvalue weighted by Gasteiger charge is -2.06. The fourth-order valence-corrected chi connectivity index (χ4v) is 14.2. The van der Waals surface area contributed by atoms with Gasteiger partial charge in [-0.25, -0.2) is 0 Å². The van der Waals surface area contributed by atoms with Gasteiger partial charge in [-0.2, -0.15) is 0 Å². The molecule has 2 aromatic heterocycles. The lowest BCUT2D eigenvalue weighted by Crippen LogP contribution is -2.40. The summed E-state index contributed by atoms with van der Waals surface area (Å²) in [4.78, 5) is 3.10. The molecule has 0 nitrogen and oxygen atoms in total. The Labute approximate surface area is 151 Å². The van der Waals surface area contributed by atoms with E-state index in [1.807, 2.05) is 0 Å². The van der Waals surface area contributed by atoms with Gasteiger partial charge in [0.1, 0.15) is 0 Å². The van der Waals surface area contributed by atoms with Crippen molar-refractivity contribution in [1.82, 2.24) is 0 Å². The highest BCUT2D eigenvalue weighted by Gasteiger charge is 2.21. The van der Waals surface area contributed by atoms with Crippen LogP contribution >= 0.6 is 22.7 Å². The van der Waals surface area contributed by atoms with Crippen LogP contribution in [0.5, 0.6) is 0 Å². The van der Waals surface area contributed by atoms with E-state index in [1.54, 1.807) is 29.1 Å². The molecule has 0 aliphatic carbocycles. The SMILES string of the molecule is C[Si](C)c1cc(-c2cc([Si](C)C)c([Si](C)C)s2)sc1[Si](C)C. The number of hydrogen-bond acceptors (Lipinski definition) is 2. The van der Waals surface area contributed by atoms with E-state index in [0.717, 1.165) is 0 Å². The van der Waals surface area contributed by atoms with Crippen LogP contribution in [-0.2, 0) is 0 Å². The van der Waals surface area contributed by atoms with Crippen LogP contribution in [0.15, 0.2) is 12.1 Å². The minimum atomic E-state index is -0.355. The maximum atomic E-state index is 2.54. The summed E-state index contributed by atoms with van der Waals surface area (Å²) in [6.07, 6.45) is 0. The molecule has 0 aliphatic heterocycles. The van der Waals surface area contributed by atoms with E-state index < -0.39 is 0 Å². The lowest BCUT2D eigenvalue weighted by atomic mass is 10.4. The predicted octanol–water partition coefficient (Wildman–Crippen LogP) is 3.32. The second-order valence-electron chi connectivity index (χ2n) is 6.71. The summed E-state index contributed by atoms with van der Waals surface area (Å²) in [7, 11) is -1.40. The molecular formula is C16H26S2Si4. The maximum Gasteiger partial charge on any atom is 0.0925 e. The average Bonchev–Trinajstić information content (AvgIpc) is 3.02. The van der Waals surface area contributed by atoms with E-state index in [1.165, 1.54) is 0 Å². The van der Waals surface area contributed by atoms with Crippen LogP contribution in [0.3, 0.4) is 0 Å². The van der Waals surface area contributed by atoms with Gasteiger partial charge in [-0.15, -0.1) is 22.7 Å². The van der Waals surface area contributed by atoms with Gasteiger partial charge in [-0.05, 0) is 21.1 Å². The Morgan fingerprint density at radius 3 is 1.05 bits per heavy atom. The van der Waals surface area contributed by atoms with Gasteiger partial charge in [-0.3, -0.25) is 0 Å². The van der Waals surface area contributed by atoms with Gasteiger partial charge in [-0.1, -0.05) is 62.7 Å². The Morgan fingerprint density at radius 1 is 0.545 bits per heavy atom. The number of hydrogen-bond donors (Lipinski definition) is 0. The van der Waals surface area contributed by atoms with Crippen molar-refractivity contribution in [2.75, 3.05) is 0 Å². The largest absolute Gasteiger partial charge is 0.145 e. The molecule has 118 valence electrons. The van der Waals surface area contributed by atoms with Crippen LogP contribution in [0, 0.1) is 0 Å². The zero-order valence-electron chi connectivity index (χ0n) is 15.0. The molecule has 2 rings (SSSR count). The van der Waals surface area contributed by atoms with Crippen molar-refractivity contribution < 1.29 is 0 Å².